The van der Waals surface area contributed by atoms with Crippen molar-refractivity contribution in [1.29, 1.82) is 10.5 Å². The van der Waals surface area contributed by atoms with E-state index in [1.807, 2.05) is 12.2 Å². The highest BCUT2D eigenvalue weighted by molar-refractivity contribution is 5.43. The highest BCUT2D eigenvalue weighted by Gasteiger charge is 2.31. The fourth-order valence-corrected chi connectivity index (χ4v) is 2.92. The zero-order valence-corrected chi connectivity index (χ0v) is 12.2. The van der Waals surface area contributed by atoms with Gasteiger partial charge in [-0.3, -0.25) is 0 Å². The van der Waals surface area contributed by atoms with Crippen LogP contribution in [0, 0.1) is 48.8 Å². The summed E-state index contributed by atoms with van der Waals surface area (Å²) in [6, 6.07) is 8.90. The van der Waals surface area contributed by atoms with Gasteiger partial charge in [0.15, 0.2) is 0 Å². The average Bonchev–Trinajstić information content (AvgIpc) is 2.43. The number of rotatable bonds is 2. The van der Waals surface area contributed by atoms with E-state index in [2.05, 4.69) is 45.0 Å². The van der Waals surface area contributed by atoms with E-state index >= 15 is 0 Å². The summed E-state index contributed by atoms with van der Waals surface area (Å²) in [5.74, 6) is 0. The average molecular weight is 262 g/mol. The maximum atomic E-state index is 9.61. The van der Waals surface area contributed by atoms with E-state index in [0.29, 0.717) is 18.4 Å². The summed E-state index contributed by atoms with van der Waals surface area (Å²) >= 11 is 0. The third-order valence-electron chi connectivity index (χ3n) is 3.92. The lowest BCUT2D eigenvalue weighted by Gasteiger charge is -2.26. The Morgan fingerprint density at radius 2 is 1.80 bits per heavy atom. The summed E-state index contributed by atoms with van der Waals surface area (Å²) in [5.41, 5.74) is 4.99. The standard InChI is InChI=1S/C18H18N2/c1-13-7-14(2)17(15(3)8-13)10-18(12-20)6-4-5-16(9-18)11-19/h4-8H,9-10H2,1-3H3. The Morgan fingerprint density at radius 1 is 1.15 bits per heavy atom. The number of nitriles is 2. The Labute approximate surface area is 120 Å². The molecule has 1 unspecified atom stereocenters. The van der Waals surface area contributed by atoms with E-state index in [1.54, 1.807) is 6.08 Å². The SMILES string of the molecule is Cc1cc(C)c(CC2(C#N)C=CC=C(C#N)C2)c(C)c1. The van der Waals surface area contributed by atoms with Gasteiger partial charge in [0.2, 0.25) is 0 Å². The lowest BCUT2D eigenvalue weighted by atomic mass is 9.74. The van der Waals surface area contributed by atoms with Gasteiger partial charge in [0.25, 0.3) is 0 Å². The monoisotopic (exact) mass is 262 g/mol. The molecule has 0 bridgehead atoms. The van der Waals surface area contributed by atoms with Crippen molar-refractivity contribution in [2.24, 2.45) is 5.41 Å². The van der Waals surface area contributed by atoms with Crippen molar-refractivity contribution in [3.05, 3.63) is 58.2 Å². The molecule has 2 rings (SSSR count). The fourth-order valence-electron chi connectivity index (χ4n) is 2.92. The van der Waals surface area contributed by atoms with Crippen LogP contribution in [0.4, 0.5) is 0 Å². The van der Waals surface area contributed by atoms with Crippen LogP contribution in [-0.4, -0.2) is 0 Å². The number of hydrogen-bond donors (Lipinski definition) is 0. The van der Waals surface area contributed by atoms with Crippen LogP contribution in [-0.2, 0) is 6.42 Å². The van der Waals surface area contributed by atoms with Crippen LogP contribution < -0.4 is 0 Å². The van der Waals surface area contributed by atoms with Crippen molar-refractivity contribution in [3.8, 4) is 12.1 Å². The molecule has 0 radical (unpaired) electrons. The van der Waals surface area contributed by atoms with E-state index in [0.717, 1.165) is 0 Å². The van der Waals surface area contributed by atoms with Crippen molar-refractivity contribution >= 4 is 0 Å². The zero-order valence-electron chi connectivity index (χ0n) is 12.2. The normalized spacial score (nSPS) is 20.9. The molecule has 0 fully saturated rings. The maximum absolute atomic E-state index is 9.61. The van der Waals surface area contributed by atoms with E-state index in [-0.39, 0.29) is 0 Å². The van der Waals surface area contributed by atoms with Crippen LogP contribution in [0.15, 0.2) is 35.9 Å². The quantitative estimate of drug-likeness (QED) is 0.806. The predicted octanol–water partition coefficient (Wildman–Crippen LogP) is 4.07. The van der Waals surface area contributed by atoms with Crippen LogP contribution in [0.2, 0.25) is 0 Å². The first-order chi connectivity index (χ1) is 9.49. The number of aryl methyl sites for hydroxylation is 3. The summed E-state index contributed by atoms with van der Waals surface area (Å²) in [6.45, 7) is 6.27. The molecule has 0 spiro atoms. The second kappa shape index (κ2) is 5.35. The largest absolute Gasteiger partial charge is 0.197 e. The third kappa shape index (κ3) is 2.65. The van der Waals surface area contributed by atoms with E-state index < -0.39 is 5.41 Å². The van der Waals surface area contributed by atoms with Gasteiger partial charge in [-0.15, -0.1) is 0 Å². The van der Waals surface area contributed by atoms with E-state index in [9.17, 15) is 5.26 Å². The minimum absolute atomic E-state index is 0.503. The van der Waals surface area contributed by atoms with Crippen molar-refractivity contribution < 1.29 is 0 Å². The minimum atomic E-state index is -0.593. The number of benzene rings is 1. The first-order valence-electron chi connectivity index (χ1n) is 6.76. The maximum Gasteiger partial charge on any atom is 0.0947 e. The second-order valence-corrected chi connectivity index (χ2v) is 5.66. The third-order valence-corrected chi connectivity index (χ3v) is 3.92. The van der Waals surface area contributed by atoms with Crippen LogP contribution in [0.25, 0.3) is 0 Å². The Balaban J connectivity index is 2.39. The van der Waals surface area contributed by atoms with Gasteiger partial charge in [-0.2, -0.15) is 10.5 Å². The molecular weight excluding hydrogens is 244 g/mol. The van der Waals surface area contributed by atoms with Gasteiger partial charge in [-0.25, -0.2) is 0 Å². The highest BCUT2D eigenvalue weighted by atomic mass is 14.4. The van der Waals surface area contributed by atoms with Crippen LogP contribution in [0.1, 0.15) is 28.7 Å². The molecule has 0 amide bonds. The summed E-state index contributed by atoms with van der Waals surface area (Å²) in [5, 5.41) is 18.7. The van der Waals surface area contributed by atoms with Crippen LogP contribution >= 0.6 is 0 Å². The smallest absolute Gasteiger partial charge is 0.0947 e. The molecule has 0 aromatic heterocycles. The topological polar surface area (TPSA) is 47.6 Å². The second-order valence-electron chi connectivity index (χ2n) is 5.66. The van der Waals surface area contributed by atoms with E-state index in [1.165, 1.54) is 22.3 Å². The van der Waals surface area contributed by atoms with E-state index in [4.69, 9.17) is 5.26 Å². The lowest BCUT2D eigenvalue weighted by molar-refractivity contribution is 0.496. The summed E-state index contributed by atoms with van der Waals surface area (Å²) in [6.07, 6.45) is 6.74. The number of nitrogens with zero attached hydrogens (tertiary/aromatic N) is 2. The lowest BCUT2D eigenvalue weighted by Crippen LogP contribution is -2.22. The Kier molecular flexibility index (Phi) is 3.77. The number of allylic oxidation sites excluding steroid dienone is 4. The molecule has 1 aromatic rings. The molecule has 2 heteroatoms. The zero-order chi connectivity index (χ0) is 14.8. The highest BCUT2D eigenvalue weighted by Crippen LogP contribution is 2.36. The Hall–Kier alpha value is -2.32. The molecule has 100 valence electrons. The summed E-state index contributed by atoms with van der Waals surface area (Å²) in [7, 11) is 0. The minimum Gasteiger partial charge on any atom is -0.197 e. The molecule has 0 saturated carbocycles. The molecule has 1 aliphatic carbocycles. The first kappa shape index (κ1) is 14.1. The van der Waals surface area contributed by atoms with Crippen LogP contribution in [0.5, 0.6) is 0 Å². The van der Waals surface area contributed by atoms with Gasteiger partial charge < -0.3 is 0 Å². The first-order valence-corrected chi connectivity index (χ1v) is 6.76. The van der Waals surface area contributed by atoms with Gasteiger partial charge >= 0.3 is 0 Å². The van der Waals surface area contributed by atoms with Gasteiger partial charge in [0.1, 0.15) is 0 Å². The summed E-state index contributed by atoms with van der Waals surface area (Å²) < 4.78 is 0. The molecule has 2 nitrogen and oxygen atoms in total. The Bertz CT molecular complexity index is 657. The summed E-state index contributed by atoms with van der Waals surface area (Å²) in [4.78, 5) is 0. The number of hydrogen-bond acceptors (Lipinski definition) is 2. The fraction of sp³-hybridized carbons (Fsp3) is 0.333. The Morgan fingerprint density at radius 3 is 2.35 bits per heavy atom. The van der Waals surface area contributed by atoms with Crippen molar-refractivity contribution in [3.63, 3.8) is 0 Å². The molecule has 1 aliphatic rings. The van der Waals surface area contributed by atoms with Gasteiger partial charge in [0.05, 0.1) is 17.6 Å². The van der Waals surface area contributed by atoms with Gasteiger partial charge in [-0.05, 0) is 50.0 Å². The van der Waals surface area contributed by atoms with Gasteiger partial charge in [0, 0.05) is 12.0 Å². The van der Waals surface area contributed by atoms with Gasteiger partial charge in [-0.1, -0.05) is 29.8 Å². The van der Waals surface area contributed by atoms with Crippen molar-refractivity contribution in [2.45, 2.75) is 33.6 Å². The molecule has 1 aromatic carbocycles. The molecule has 0 aliphatic heterocycles. The molecule has 20 heavy (non-hydrogen) atoms. The molecule has 0 saturated heterocycles. The van der Waals surface area contributed by atoms with Crippen LogP contribution in [0.3, 0.4) is 0 Å². The molecular formula is C18H18N2. The predicted molar refractivity (Wildman–Crippen MR) is 79.9 cm³/mol. The van der Waals surface area contributed by atoms with Crippen molar-refractivity contribution in [2.75, 3.05) is 0 Å². The molecule has 1 atom stereocenters. The van der Waals surface area contributed by atoms with Crippen molar-refractivity contribution in [1.82, 2.24) is 0 Å². The molecule has 0 N–H and O–H groups in total. The molecule has 0 heterocycles.